The molecule has 0 amide bonds. The fraction of sp³-hybridized carbons (Fsp3) is 0.333. The van der Waals surface area contributed by atoms with Crippen LogP contribution < -0.4 is 10.1 Å². The Bertz CT molecular complexity index is 503. The number of rotatable bonds is 5. The first-order valence-corrected chi connectivity index (χ1v) is 5.75. The minimum atomic E-state index is 0.579. The lowest BCUT2D eigenvalue weighted by molar-refractivity contribution is 0.325. The maximum atomic E-state index is 5.36. The Kier molecular flexibility index (Phi) is 4.01. The Hall–Kier alpha value is -2.24. The van der Waals surface area contributed by atoms with Gasteiger partial charge in [0, 0.05) is 12.3 Å². The van der Waals surface area contributed by atoms with Crippen LogP contribution in [-0.4, -0.2) is 26.5 Å². The monoisotopic (exact) mass is 245 g/mol. The summed E-state index contributed by atoms with van der Waals surface area (Å²) in [5, 5.41) is 3.18. The molecule has 0 saturated carbocycles. The molecule has 0 aliphatic heterocycles. The van der Waals surface area contributed by atoms with Crippen molar-refractivity contribution in [1.82, 2.24) is 19.9 Å². The van der Waals surface area contributed by atoms with Gasteiger partial charge in [0.25, 0.3) is 0 Å². The van der Waals surface area contributed by atoms with Gasteiger partial charge in [-0.15, -0.1) is 0 Å². The maximum absolute atomic E-state index is 5.36. The van der Waals surface area contributed by atoms with Crippen molar-refractivity contribution in [1.29, 1.82) is 0 Å². The highest BCUT2D eigenvalue weighted by Crippen LogP contribution is 2.13. The van der Waals surface area contributed by atoms with Crippen LogP contribution in [0.15, 0.2) is 24.7 Å². The van der Waals surface area contributed by atoms with E-state index in [1.807, 2.05) is 19.9 Å². The van der Waals surface area contributed by atoms with Crippen molar-refractivity contribution in [3.05, 3.63) is 36.2 Å². The molecule has 0 aliphatic rings. The fourth-order valence-electron chi connectivity index (χ4n) is 1.46. The predicted molar refractivity (Wildman–Crippen MR) is 67.3 cm³/mol. The van der Waals surface area contributed by atoms with Crippen LogP contribution in [0.25, 0.3) is 0 Å². The predicted octanol–water partition coefficient (Wildman–Crippen LogP) is 1.59. The quantitative estimate of drug-likeness (QED) is 0.862. The molecule has 0 unspecified atom stereocenters. The number of hydrogen-bond acceptors (Lipinski definition) is 6. The zero-order chi connectivity index (χ0) is 12.8. The van der Waals surface area contributed by atoms with E-state index in [4.69, 9.17) is 4.74 Å². The second kappa shape index (κ2) is 5.90. The molecule has 94 valence electrons. The van der Waals surface area contributed by atoms with Crippen molar-refractivity contribution in [2.24, 2.45) is 0 Å². The second-order valence-electron chi connectivity index (χ2n) is 3.63. The van der Waals surface area contributed by atoms with Crippen LogP contribution in [0.3, 0.4) is 0 Å². The summed E-state index contributed by atoms with van der Waals surface area (Å²) < 4.78 is 5.36. The topological polar surface area (TPSA) is 72.8 Å². The third kappa shape index (κ3) is 3.38. The molecule has 2 rings (SSSR count). The summed E-state index contributed by atoms with van der Waals surface area (Å²) in [6, 6.07) is 3.63. The highest BCUT2D eigenvalue weighted by Gasteiger charge is 2.02. The van der Waals surface area contributed by atoms with E-state index in [1.165, 1.54) is 6.33 Å². The lowest BCUT2D eigenvalue weighted by atomic mass is 10.4. The molecule has 0 saturated heterocycles. The van der Waals surface area contributed by atoms with E-state index in [0.29, 0.717) is 24.9 Å². The van der Waals surface area contributed by atoms with Crippen LogP contribution in [-0.2, 0) is 6.54 Å². The Morgan fingerprint density at radius 3 is 2.94 bits per heavy atom. The zero-order valence-electron chi connectivity index (χ0n) is 10.4. The molecule has 6 heteroatoms. The second-order valence-corrected chi connectivity index (χ2v) is 3.63. The van der Waals surface area contributed by atoms with Gasteiger partial charge in [-0.3, -0.25) is 0 Å². The molecule has 2 aromatic rings. The van der Waals surface area contributed by atoms with Gasteiger partial charge in [-0.25, -0.2) is 15.0 Å². The summed E-state index contributed by atoms with van der Waals surface area (Å²) in [7, 11) is 0. The normalized spacial score (nSPS) is 10.1. The summed E-state index contributed by atoms with van der Waals surface area (Å²) in [4.78, 5) is 16.5. The fourth-order valence-corrected chi connectivity index (χ4v) is 1.46. The number of nitrogens with zero attached hydrogens (tertiary/aromatic N) is 4. The van der Waals surface area contributed by atoms with Crippen LogP contribution in [0.4, 0.5) is 5.82 Å². The smallest absolute Gasteiger partial charge is 0.218 e. The molecule has 2 aromatic heterocycles. The largest absolute Gasteiger partial charge is 0.478 e. The summed E-state index contributed by atoms with van der Waals surface area (Å²) in [6.45, 7) is 4.93. The number of nitrogens with one attached hydrogen (secondary N) is 1. The maximum Gasteiger partial charge on any atom is 0.218 e. The number of ether oxygens (including phenoxy) is 1. The van der Waals surface area contributed by atoms with Gasteiger partial charge in [-0.1, -0.05) is 0 Å². The van der Waals surface area contributed by atoms with Crippen LogP contribution in [0, 0.1) is 6.92 Å². The van der Waals surface area contributed by atoms with Crippen molar-refractivity contribution in [2.45, 2.75) is 20.4 Å². The number of aryl methyl sites for hydroxylation is 1. The third-order valence-electron chi connectivity index (χ3n) is 2.20. The minimum absolute atomic E-state index is 0.579. The van der Waals surface area contributed by atoms with Gasteiger partial charge in [0.15, 0.2) is 0 Å². The first kappa shape index (κ1) is 12.2. The summed E-state index contributed by atoms with van der Waals surface area (Å²) in [6.07, 6.45) is 3.23. The van der Waals surface area contributed by atoms with Crippen molar-refractivity contribution in [3.8, 4) is 5.88 Å². The molecular weight excluding hydrogens is 230 g/mol. The van der Waals surface area contributed by atoms with E-state index in [-0.39, 0.29) is 0 Å². The zero-order valence-corrected chi connectivity index (χ0v) is 10.4. The highest BCUT2D eigenvalue weighted by molar-refractivity contribution is 5.38. The standard InChI is InChI=1S/C12H15N5O/c1-3-18-12-6-11(16-9(2)17-12)14-7-10-4-5-13-8-15-10/h4-6,8H,3,7H2,1-2H3,(H,14,16,17). The number of aromatic nitrogens is 4. The van der Waals surface area contributed by atoms with Crippen LogP contribution in [0.2, 0.25) is 0 Å². The molecule has 0 radical (unpaired) electrons. The average molecular weight is 245 g/mol. The molecule has 6 nitrogen and oxygen atoms in total. The summed E-state index contributed by atoms with van der Waals surface area (Å²) in [5.41, 5.74) is 0.902. The first-order chi connectivity index (χ1) is 8.78. The Morgan fingerprint density at radius 2 is 2.22 bits per heavy atom. The lowest BCUT2D eigenvalue weighted by Gasteiger charge is -2.08. The van der Waals surface area contributed by atoms with Crippen LogP contribution in [0.1, 0.15) is 18.4 Å². The van der Waals surface area contributed by atoms with Crippen LogP contribution in [0.5, 0.6) is 5.88 Å². The van der Waals surface area contributed by atoms with Gasteiger partial charge < -0.3 is 10.1 Å². The molecular formula is C12H15N5O. The van der Waals surface area contributed by atoms with Gasteiger partial charge in [-0.2, -0.15) is 4.98 Å². The van der Waals surface area contributed by atoms with Crippen molar-refractivity contribution >= 4 is 5.82 Å². The van der Waals surface area contributed by atoms with E-state index in [9.17, 15) is 0 Å². The van der Waals surface area contributed by atoms with E-state index < -0.39 is 0 Å². The van der Waals surface area contributed by atoms with Gasteiger partial charge in [0.05, 0.1) is 18.8 Å². The lowest BCUT2D eigenvalue weighted by Crippen LogP contribution is -2.06. The molecule has 0 spiro atoms. The SMILES string of the molecule is CCOc1cc(NCc2ccncn2)nc(C)n1. The molecule has 1 N–H and O–H groups in total. The van der Waals surface area contributed by atoms with E-state index >= 15 is 0 Å². The first-order valence-electron chi connectivity index (χ1n) is 5.75. The van der Waals surface area contributed by atoms with E-state index in [1.54, 1.807) is 12.3 Å². The van der Waals surface area contributed by atoms with Crippen molar-refractivity contribution in [3.63, 3.8) is 0 Å². The van der Waals surface area contributed by atoms with Crippen LogP contribution >= 0.6 is 0 Å². The summed E-state index contributed by atoms with van der Waals surface area (Å²) >= 11 is 0. The van der Waals surface area contributed by atoms with Gasteiger partial charge in [0.1, 0.15) is 18.0 Å². The number of hydrogen-bond donors (Lipinski definition) is 1. The molecule has 0 aliphatic carbocycles. The van der Waals surface area contributed by atoms with E-state index in [2.05, 4.69) is 25.3 Å². The minimum Gasteiger partial charge on any atom is -0.478 e. The van der Waals surface area contributed by atoms with Crippen molar-refractivity contribution < 1.29 is 4.74 Å². The molecule has 18 heavy (non-hydrogen) atoms. The Labute approximate surface area is 105 Å². The Morgan fingerprint density at radius 1 is 1.33 bits per heavy atom. The molecule has 2 heterocycles. The third-order valence-corrected chi connectivity index (χ3v) is 2.20. The molecule has 0 atom stereocenters. The summed E-state index contributed by atoms with van der Waals surface area (Å²) in [5.74, 6) is 1.98. The van der Waals surface area contributed by atoms with E-state index in [0.717, 1.165) is 11.5 Å². The average Bonchev–Trinajstić information content (AvgIpc) is 2.37. The molecule has 0 fully saturated rings. The van der Waals surface area contributed by atoms with Gasteiger partial charge in [-0.05, 0) is 19.9 Å². The molecule has 0 bridgehead atoms. The Balaban J connectivity index is 2.05. The van der Waals surface area contributed by atoms with Crippen molar-refractivity contribution in [2.75, 3.05) is 11.9 Å². The highest BCUT2D eigenvalue weighted by atomic mass is 16.5. The van der Waals surface area contributed by atoms with Gasteiger partial charge in [0.2, 0.25) is 5.88 Å². The number of anilines is 1. The van der Waals surface area contributed by atoms with Gasteiger partial charge >= 0.3 is 0 Å². The molecule has 0 aromatic carbocycles.